The Morgan fingerprint density at radius 2 is 1.90 bits per heavy atom. The molecular formula is C22H18ClFN3O3S-. The summed E-state index contributed by atoms with van der Waals surface area (Å²) in [6.07, 6.45) is 1.74. The summed E-state index contributed by atoms with van der Waals surface area (Å²) in [7, 11) is 1.67. The van der Waals surface area contributed by atoms with E-state index in [9.17, 15) is 17.9 Å². The molecule has 2 atom stereocenters. The van der Waals surface area contributed by atoms with Crippen LogP contribution in [0.4, 0.5) is 4.39 Å². The van der Waals surface area contributed by atoms with E-state index in [4.69, 9.17) is 16.6 Å². The molecule has 0 spiro atoms. The lowest BCUT2D eigenvalue weighted by Gasteiger charge is -2.17. The van der Waals surface area contributed by atoms with Crippen molar-refractivity contribution >= 4 is 28.6 Å². The van der Waals surface area contributed by atoms with Crippen LogP contribution >= 0.6 is 11.6 Å². The van der Waals surface area contributed by atoms with Gasteiger partial charge in [-0.15, -0.1) is 0 Å². The zero-order chi connectivity index (χ0) is 22.3. The largest absolute Gasteiger partial charge is 0.760 e. The Hall–Kier alpha value is -2.65. The maximum absolute atomic E-state index is 13.5. The van der Waals surface area contributed by atoms with Gasteiger partial charge in [0.25, 0.3) is 5.56 Å². The van der Waals surface area contributed by atoms with Crippen LogP contribution in [0.5, 0.6) is 0 Å². The van der Waals surface area contributed by atoms with Gasteiger partial charge in [-0.3, -0.25) is 14.0 Å². The fraction of sp³-hybridized carbons (Fsp3) is 0.182. The molecule has 6 nitrogen and oxygen atoms in total. The van der Waals surface area contributed by atoms with Crippen molar-refractivity contribution < 1.29 is 13.2 Å². The first-order chi connectivity index (χ1) is 14.7. The third-order valence-electron chi connectivity index (χ3n) is 5.26. The van der Waals surface area contributed by atoms with Gasteiger partial charge in [-0.25, -0.2) is 9.11 Å². The van der Waals surface area contributed by atoms with Crippen molar-refractivity contribution in [3.05, 3.63) is 92.1 Å². The maximum atomic E-state index is 13.5. The summed E-state index contributed by atoms with van der Waals surface area (Å²) < 4.78 is 39.3. The first-order valence-electron chi connectivity index (χ1n) is 9.45. The minimum Gasteiger partial charge on any atom is -0.760 e. The summed E-state index contributed by atoms with van der Waals surface area (Å²) in [5.41, 5.74) is 4.76. The lowest BCUT2D eigenvalue weighted by atomic mass is 9.91. The highest BCUT2D eigenvalue weighted by Gasteiger charge is 2.25. The van der Waals surface area contributed by atoms with E-state index in [1.54, 1.807) is 43.6 Å². The van der Waals surface area contributed by atoms with Crippen LogP contribution in [0, 0.1) is 5.82 Å². The third kappa shape index (κ3) is 4.24. The van der Waals surface area contributed by atoms with E-state index in [1.165, 1.54) is 16.7 Å². The van der Waals surface area contributed by atoms with Gasteiger partial charge < -0.3 is 9.12 Å². The molecule has 0 aliphatic carbocycles. The number of pyridine rings is 1. The number of nitrogens with zero attached hydrogens (tertiary/aromatic N) is 2. The average Bonchev–Trinajstić information content (AvgIpc) is 2.83. The van der Waals surface area contributed by atoms with Gasteiger partial charge in [0.15, 0.2) is 0 Å². The number of aromatic nitrogens is 1. The van der Waals surface area contributed by atoms with Crippen LogP contribution in [0.1, 0.15) is 35.2 Å². The maximum Gasteiger partial charge on any atom is 0.250 e. The summed E-state index contributed by atoms with van der Waals surface area (Å²) in [5.74, 6) is -0.359. The lowest BCUT2D eigenvalue weighted by molar-refractivity contribution is 0.522. The SMILES string of the molecule is C[C@@H]1N=C(c2ccc(F)cc2)c2cc(Cl)c(CNS(=O)[O-])cc2-c2cn(C)c(=O)cc21. The molecule has 0 saturated heterocycles. The molecule has 0 saturated carbocycles. The topological polar surface area (TPSA) is 86.5 Å². The van der Waals surface area contributed by atoms with Gasteiger partial charge in [0.05, 0.1) is 11.8 Å². The van der Waals surface area contributed by atoms with E-state index in [2.05, 4.69) is 4.72 Å². The van der Waals surface area contributed by atoms with Crippen LogP contribution in [0.3, 0.4) is 0 Å². The second kappa shape index (κ2) is 8.47. The highest BCUT2D eigenvalue weighted by Crippen LogP contribution is 2.39. The Morgan fingerprint density at radius 1 is 1.19 bits per heavy atom. The van der Waals surface area contributed by atoms with Gasteiger partial charge in [-0.2, -0.15) is 0 Å². The molecular weight excluding hydrogens is 441 g/mol. The molecule has 9 heteroatoms. The molecule has 0 bridgehead atoms. The second-order valence-corrected chi connectivity index (χ2v) is 8.46. The van der Waals surface area contributed by atoms with Crippen molar-refractivity contribution in [2.75, 3.05) is 0 Å². The van der Waals surface area contributed by atoms with Gasteiger partial charge >= 0.3 is 0 Å². The molecule has 1 aliphatic rings. The number of aliphatic imine (C=N–C) groups is 1. The first-order valence-corrected chi connectivity index (χ1v) is 10.9. The molecule has 1 aromatic heterocycles. The minimum absolute atomic E-state index is 0.0158. The average molecular weight is 459 g/mol. The van der Waals surface area contributed by atoms with E-state index in [-0.39, 0.29) is 24.0 Å². The summed E-state index contributed by atoms with van der Waals surface area (Å²) in [6.45, 7) is 1.90. The first kappa shape index (κ1) is 21.6. The highest BCUT2D eigenvalue weighted by molar-refractivity contribution is 7.77. The molecule has 4 rings (SSSR count). The fourth-order valence-corrected chi connectivity index (χ4v) is 4.20. The molecule has 0 fully saturated rings. The third-order valence-corrected chi connectivity index (χ3v) is 6.00. The predicted octanol–water partition coefficient (Wildman–Crippen LogP) is 3.64. The molecule has 2 aromatic carbocycles. The van der Waals surface area contributed by atoms with E-state index in [0.717, 1.165) is 16.7 Å². The lowest BCUT2D eigenvalue weighted by Crippen LogP contribution is -2.17. The number of aryl methyl sites for hydroxylation is 1. The molecule has 2 heterocycles. The van der Waals surface area contributed by atoms with Gasteiger partial charge in [-0.1, -0.05) is 11.6 Å². The van der Waals surface area contributed by atoms with E-state index < -0.39 is 11.3 Å². The van der Waals surface area contributed by atoms with Gasteiger partial charge in [0.1, 0.15) is 5.82 Å². The summed E-state index contributed by atoms with van der Waals surface area (Å²) >= 11 is 4.05. The molecule has 160 valence electrons. The van der Waals surface area contributed by atoms with Crippen molar-refractivity contribution in [1.82, 2.24) is 9.29 Å². The molecule has 0 amide bonds. The number of rotatable bonds is 4. The number of hydrogen-bond acceptors (Lipinski definition) is 4. The number of hydrogen-bond donors (Lipinski definition) is 1. The van der Waals surface area contributed by atoms with Crippen LogP contribution in [0.25, 0.3) is 11.1 Å². The number of nitrogens with one attached hydrogen (secondary N) is 1. The van der Waals surface area contributed by atoms with E-state index >= 15 is 0 Å². The summed E-state index contributed by atoms with van der Waals surface area (Å²) in [5, 5.41) is 0.368. The molecule has 1 N–H and O–H groups in total. The summed E-state index contributed by atoms with van der Waals surface area (Å²) in [6, 6.07) is 10.8. The standard InChI is InChI=1S/C22H19ClFN3O3S/c1-12-16-9-21(28)27(2)11-19(16)17-7-14(10-25-31(29)30)20(23)8-18(17)22(26-12)13-3-5-15(24)6-4-13/h3-9,11-12,25H,10H2,1-2H3,(H,29,30)/p-1/t12-/m0/s1. The molecule has 1 unspecified atom stereocenters. The van der Waals surface area contributed by atoms with Crippen molar-refractivity contribution in [3.8, 4) is 11.1 Å². The number of benzene rings is 2. The second-order valence-electron chi connectivity index (χ2n) is 7.30. The Labute approximate surface area is 185 Å². The zero-order valence-electron chi connectivity index (χ0n) is 16.7. The monoisotopic (exact) mass is 458 g/mol. The Balaban J connectivity index is 2.01. The highest BCUT2D eigenvalue weighted by atomic mass is 35.5. The normalized spacial score (nSPS) is 16.2. The fourth-order valence-electron chi connectivity index (χ4n) is 3.69. The van der Waals surface area contributed by atoms with Crippen LogP contribution in [0.2, 0.25) is 5.02 Å². The van der Waals surface area contributed by atoms with Gasteiger partial charge in [-0.05, 0) is 60.0 Å². The van der Waals surface area contributed by atoms with E-state index in [1.807, 2.05) is 6.92 Å². The van der Waals surface area contributed by atoms with Crippen LogP contribution in [0.15, 0.2) is 58.4 Å². The Kier molecular flexibility index (Phi) is 5.90. The van der Waals surface area contributed by atoms with Crippen molar-refractivity contribution in [2.45, 2.75) is 19.5 Å². The Bertz CT molecular complexity index is 1290. The smallest absolute Gasteiger partial charge is 0.250 e. The zero-order valence-corrected chi connectivity index (χ0v) is 18.3. The predicted molar refractivity (Wildman–Crippen MR) is 118 cm³/mol. The van der Waals surface area contributed by atoms with Crippen LogP contribution in [-0.4, -0.2) is 19.0 Å². The molecule has 3 aromatic rings. The van der Waals surface area contributed by atoms with Gasteiger partial charge in [0.2, 0.25) is 0 Å². The van der Waals surface area contributed by atoms with Crippen LogP contribution < -0.4 is 10.3 Å². The van der Waals surface area contributed by atoms with Crippen molar-refractivity contribution in [2.24, 2.45) is 12.0 Å². The molecule has 1 aliphatic heterocycles. The van der Waals surface area contributed by atoms with E-state index in [0.29, 0.717) is 27.4 Å². The molecule has 0 radical (unpaired) electrons. The van der Waals surface area contributed by atoms with Crippen molar-refractivity contribution in [3.63, 3.8) is 0 Å². The quantitative estimate of drug-likeness (QED) is 0.605. The number of halogens is 2. The van der Waals surface area contributed by atoms with Gasteiger partial charge in [0, 0.05) is 58.8 Å². The number of fused-ring (bicyclic) bond motifs is 3. The summed E-state index contributed by atoms with van der Waals surface area (Å²) in [4.78, 5) is 17.2. The van der Waals surface area contributed by atoms with Crippen LogP contribution in [-0.2, 0) is 24.9 Å². The minimum atomic E-state index is -2.44. The van der Waals surface area contributed by atoms with Crippen molar-refractivity contribution in [1.29, 1.82) is 0 Å². The molecule has 31 heavy (non-hydrogen) atoms. The Morgan fingerprint density at radius 3 is 2.58 bits per heavy atom.